The second kappa shape index (κ2) is 9.60. The normalized spacial score (nSPS) is 11.2. The van der Waals surface area contributed by atoms with Crippen molar-refractivity contribution in [2.45, 2.75) is 32.8 Å². The molecule has 0 saturated heterocycles. The van der Waals surface area contributed by atoms with Gasteiger partial charge in [0.1, 0.15) is 5.82 Å². The third-order valence-electron chi connectivity index (χ3n) is 4.02. The SMILES string of the molecule is C=C/C(=C\C(=C)Nc1cc(CCc2cccc(CO)c2)ccn1)CC. The van der Waals surface area contributed by atoms with Gasteiger partial charge in [0.2, 0.25) is 0 Å². The molecule has 3 heteroatoms. The van der Waals surface area contributed by atoms with Gasteiger partial charge in [-0.2, -0.15) is 0 Å². The zero-order valence-corrected chi connectivity index (χ0v) is 14.8. The maximum absolute atomic E-state index is 9.23. The average molecular weight is 334 g/mol. The largest absolute Gasteiger partial charge is 0.392 e. The summed E-state index contributed by atoms with van der Waals surface area (Å²) < 4.78 is 0. The second-order valence-corrected chi connectivity index (χ2v) is 5.95. The number of nitrogens with zero attached hydrogens (tertiary/aromatic N) is 1. The average Bonchev–Trinajstić information content (AvgIpc) is 2.65. The van der Waals surface area contributed by atoms with Gasteiger partial charge in [-0.25, -0.2) is 4.98 Å². The number of allylic oxidation sites excluding steroid dienone is 3. The highest BCUT2D eigenvalue weighted by Crippen LogP contribution is 2.14. The van der Waals surface area contributed by atoms with E-state index in [1.54, 1.807) is 0 Å². The number of benzene rings is 1. The number of aromatic nitrogens is 1. The maximum Gasteiger partial charge on any atom is 0.130 e. The van der Waals surface area contributed by atoms with Crippen LogP contribution in [-0.4, -0.2) is 10.1 Å². The lowest BCUT2D eigenvalue weighted by Crippen LogP contribution is -2.00. The van der Waals surface area contributed by atoms with Gasteiger partial charge in [-0.1, -0.05) is 50.4 Å². The molecule has 130 valence electrons. The summed E-state index contributed by atoms with van der Waals surface area (Å²) in [5.74, 6) is 0.794. The molecule has 0 fully saturated rings. The van der Waals surface area contributed by atoms with Crippen LogP contribution in [0.15, 0.2) is 79.2 Å². The highest BCUT2D eigenvalue weighted by molar-refractivity contribution is 5.47. The van der Waals surface area contributed by atoms with Gasteiger partial charge in [0.25, 0.3) is 0 Å². The molecule has 2 aromatic rings. The molecule has 0 saturated carbocycles. The highest BCUT2D eigenvalue weighted by atomic mass is 16.3. The van der Waals surface area contributed by atoms with Crippen molar-refractivity contribution in [2.24, 2.45) is 0 Å². The van der Waals surface area contributed by atoms with Crippen LogP contribution in [0.25, 0.3) is 0 Å². The lowest BCUT2D eigenvalue weighted by atomic mass is 10.0. The van der Waals surface area contributed by atoms with E-state index in [1.165, 1.54) is 11.1 Å². The van der Waals surface area contributed by atoms with Crippen LogP contribution < -0.4 is 5.32 Å². The van der Waals surface area contributed by atoms with Crippen LogP contribution >= 0.6 is 0 Å². The van der Waals surface area contributed by atoms with Gasteiger partial charge in [0.15, 0.2) is 0 Å². The topological polar surface area (TPSA) is 45.1 Å². The van der Waals surface area contributed by atoms with E-state index in [0.29, 0.717) is 0 Å². The summed E-state index contributed by atoms with van der Waals surface area (Å²) in [7, 11) is 0. The van der Waals surface area contributed by atoms with E-state index in [-0.39, 0.29) is 6.61 Å². The molecular weight excluding hydrogens is 308 g/mol. The summed E-state index contributed by atoms with van der Waals surface area (Å²) >= 11 is 0. The van der Waals surface area contributed by atoms with Gasteiger partial charge in [0, 0.05) is 11.9 Å². The first kappa shape index (κ1) is 18.7. The Morgan fingerprint density at radius 3 is 2.56 bits per heavy atom. The summed E-state index contributed by atoms with van der Waals surface area (Å²) in [6.45, 7) is 10.0. The number of rotatable bonds is 9. The monoisotopic (exact) mass is 334 g/mol. The smallest absolute Gasteiger partial charge is 0.130 e. The molecule has 0 aliphatic carbocycles. The van der Waals surface area contributed by atoms with Gasteiger partial charge >= 0.3 is 0 Å². The van der Waals surface area contributed by atoms with E-state index in [2.05, 4.69) is 48.6 Å². The van der Waals surface area contributed by atoms with E-state index in [1.807, 2.05) is 36.5 Å². The predicted molar refractivity (Wildman–Crippen MR) is 105 cm³/mol. The number of hydrogen-bond acceptors (Lipinski definition) is 3. The van der Waals surface area contributed by atoms with Crippen molar-refractivity contribution in [1.29, 1.82) is 0 Å². The molecule has 0 amide bonds. The summed E-state index contributed by atoms with van der Waals surface area (Å²) in [6, 6.07) is 12.1. The van der Waals surface area contributed by atoms with Crippen molar-refractivity contribution < 1.29 is 5.11 Å². The fourth-order valence-corrected chi connectivity index (χ4v) is 2.60. The molecule has 0 aliphatic heterocycles. The number of hydrogen-bond donors (Lipinski definition) is 2. The maximum atomic E-state index is 9.23. The molecular formula is C22H26N2O. The summed E-state index contributed by atoms with van der Waals surface area (Å²) in [6.07, 6.45) is 8.41. The molecule has 2 N–H and O–H groups in total. The summed E-state index contributed by atoms with van der Waals surface area (Å²) in [5, 5.41) is 12.5. The number of aryl methyl sites for hydroxylation is 2. The first-order chi connectivity index (χ1) is 12.1. The van der Waals surface area contributed by atoms with Crippen molar-refractivity contribution in [3.8, 4) is 0 Å². The minimum absolute atomic E-state index is 0.0806. The molecule has 1 aromatic heterocycles. The summed E-state index contributed by atoms with van der Waals surface area (Å²) in [4.78, 5) is 4.36. The van der Waals surface area contributed by atoms with Crippen molar-refractivity contribution >= 4 is 5.82 Å². The Hall–Kier alpha value is -2.65. The fraction of sp³-hybridized carbons (Fsp3) is 0.227. The fourth-order valence-electron chi connectivity index (χ4n) is 2.60. The zero-order chi connectivity index (χ0) is 18.1. The Bertz CT molecular complexity index is 762. The minimum atomic E-state index is 0.0806. The Labute approximate surface area is 150 Å². The van der Waals surface area contributed by atoms with Gasteiger partial charge < -0.3 is 10.4 Å². The third kappa shape index (κ3) is 6.05. The molecule has 2 rings (SSSR count). The van der Waals surface area contributed by atoms with E-state index in [0.717, 1.165) is 41.9 Å². The molecule has 1 aromatic carbocycles. The van der Waals surface area contributed by atoms with E-state index >= 15 is 0 Å². The Morgan fingerprint density at radius 1 is 1.16 bits per heavy atom. The van der Waals surface area contributed by atoms with Crippen LogP contribution in [-0.2, 0) is 19.4 Å². The highest BCUT2D eigenvalue weighted by Gasteiger charge is 2.01. The van der Waals surface area contributed by atoms with Gasteiger partial charge in [-0.15, -0.1) is 0 Å². The first-order valence-electron chi connectivity index (χ1n) is 8.57. The minimum Gasteiger partial charge on any atom is -0.392 e. The van der Waals surface area contributed by atoms with Gasteiger partial charge in [-0.05, 0) is 59.7 Å². The van der Waals surface area contributed by atoms with E-state index in [9.17, 15) is 5.11 Å². The standard InChI is InChI=1S/C22H26N2O/c1-4-18(5-2)13-17(3)24-22-15-20(11-12-23-22)10-9-19-7-6-8-21(14-19)16-25/h4,6-8,11-15,25H,1,3,5,9-10,16H2,2H3,(H,23,24)/b18-13+. The molecule has 0 atom stereocenters. The lowest BCUT2D eigenvalue weighted by molar-refractivity contribution is 0.281. The third-order valence-corrected chi connectivity index (χ3v) is 4.02. The first-order valence-corrected chi connectivity index (χ1v) is 8.57. The zero-order valence-electron chi connectivity index (χ0n) is 14.8. The molecule has 0 radical (unpaired) electrons. The molecule has 25 heavy (non-hydrogen) atoms. The molecule has 0 aliphatic rings. The number of pyridine rings is 1. The van der Waals surface area contributed by atoms with Crippen molar-refractivity contribution in [1.82, 2.24) is 4.98 Å². The Morgan fingerprint density at radius 2 is 1.88 bits per heavy atom. The van der Waals surface area contributed by atoms with E-state index in [4.69, 9.17) is 0 Å². The van der Waals surface area contributed by atoms with Crippen molar-refractivity contribution in [3.05, 3.63) is 95.9 Å². The summed E-state index contributed by atoms with van der Waals surface area (Å²) in [5.41, 5.74) is 5.33. The quantitative estimate of drug-likeness (QED) is 0.647. The van der Waals surface area contributed by atoms with Crippen molar-refractivity contribution in [2.75, 3.05) is 5.32 Å². The Kier molecular flexibility index (Phi) is 7.17. The van der Waals surface area contributed by atoms with E-state index < -0.39 is 0 Å². The van der Waals surface area contributed by atoms with Gasteiger partial charge in [-0.3, -0.25) is 0 Å². The number of anilines is 1. The van der Waals surface area contributed by atoms with Crippen LogP contribution in [0, 0.1) is 0 Å². The number of aliphatic hydroxyl groups is 1. The Balaban J connectivity index is 1.99. The van der Waals surface area contributed by atoms with Crippen LogP contribution in [0.5, 0.6) is 0 Å². The molecule has 3 nitrogen and oxygen atoms in total. The molecule has 1 heterocycles. The van der Waals surface area contributed by atoms with Crippen molar-refractivity contribution in [3.63, 3.8) is 0 Å². The van der Waals surface area contributed by atoms with Gasteiger partial charge in [0.05, 0.1) is 6.61 Å². The number of aliphatic hydroxyl groups excluding tert-OH is 1. The van der Waals surface area contributed by atoms with Crippen LogP contribution in [0.1, 0.15) is 30.0 Å². The molecule has 0 bridgehead atoms. The second-order valence-electron chi connectivity index (χ2n) is 5.95. The number of nitrogens with one attached hydrogen (secondary N) is 1. The lowest BCUT2D eigenvalue weighted by Gasteiger charge is -2.09. The molecule has 0 unspecified atom stereocenters. The van der Waals surface area contributed by atoms with Crippen LogP contribution in [0.3, 0.4) is 0 Å². The van der Waals surface area contributed by atoms with Crippen LogP contribution in [0.4, 0.5) is 5.82 Å². The van der Waals surface area contributed by atoms with Crippen LogP contribution in [0.2, 0.25) is 0 Å². The predicted octanol–water partition coefficient (Wildman–Crippen LogP) is 4.81. The molecule has 0 spiro atoms.